The summed E-state index contributed by atoms with van der Waals surface area (Å²) < 4.78 is 0. The number of hydrogen-bond donors (Lipinski definition) is 1. The first kappa shape index (κ1) is 15.4. The van der Waals surface area contributed by atoms with Crippen molar-refractivity contribution in [1.29, 1.82) is 0 Å². The van der Waals surface area contributed by atoms with Gasteiger partial charge in [-0.15, -0.1) is 0 Å². The molecule has 0 heterocycles. The highest BCUT2D eigenvalue weighted by atomic mass is 16.4. The predicted molar refractivity (Wildman–Crippen MR) is 75.0 cm³/mol. The minimum atomic E-state index is -0.897. The third kappa shape index (κ3) is 6.18. The lowest BCUT2D eigenvalue weighted by Crippen LogP contribution is -2.22. The molecule has 1 N–H and O–H groups in total. The van der Waals surface area contributed by atoms with Crippen molar-refractivity contribution in [3.8, 4) is 0 Å². The van der Waals surface area contributed by atoms with E-state index in [0.717, 1.165) is 5.56 Å². The largest absolute Gasteiger partial charge is 0.481 e. The van der Waals surface area contributed by atoms with Crippen molar-refractivity contribution in [3.63, 3.8) is 0 Å². The molecule has 104 valence electrons. The van der Waals surface area contributed by atoms with E-state index < -0.39 is 11.9 Å². The van der Waals surface area contributed by atoms with Crippen LogP contribution in [0.5, 0.6) is 0 Å². The molecule has 0 fully saturated rings. The molecule has 0 bridgehead atoms. The minimum Gasteiger partial charge on any atom is -0.481 e. The van der Waals surface area contributed by atoms with Crippen LogP contribution in [0.2, 0.25) is 0 Å². The van der Waals surface area contributed by atoms with Crippen molar-refractivity contribution >= 4 is 11.8 Å². The normalized spacial score (nSPS) is 13.0. The molecule has 0 aliphatic heterocycles. The van der Waals surface area contributed by atoms with Crippen LogP contribution in [0, 0.1) is 11.3 Å². The van der Waals surface area contributed by atoms with Crippen LogP contribution >= 0.6 is 0 Å². The van der Waals surface area contributed by atoms with Crippen LogP contribution in [-0.2, 0) is 16.0 Å². The number of carboxylic acids is 1. The van der Waals surface area contributed by atoms with Gasteiger partial charge in [-0.3, -0.25) is 9.59 Å². The van der Waals surface area contributed by atoms with Gasteiger partial charge in [-0.05, 0) is 17.4 Å². The molecule has 1 unspecified atom stereocenters. The second kappa shape index (κ2) is 6.50. The molecule has 0 amide bonds. The Morgan fingerprint density at radius 2 is 1.74 bits per heavy atom. The maximum Gasteiger partial charge on any atom is 0.307 e. The van der Waals surface area contributed by atoms with E-state index in [1.165, 1.54) is 0 Å². The number of benzene rings is 1. The van der Waals surface area contributed by atoms with Gasteiger partial charge in [0, 0.05) is 12.8 Å². The first-order valence-electron chi connectivity index (χ1n) is 6.56. The number of hydrogen-bond acceptors (Lipinski definition) is 2. The molecule has 1 rings (SSSR count). The van der Waals surface area contributed by atoms with Gasteiger partial charge in [-0.2, -0.15) is 0 Å². The average molecular weight is 262 g/mol. The molecule has 1 atom stereocenters. The Hall–Kier alpha value is -1.64. The van der Waals surface area contributed by atoms with Gasteiger partial charge < -0.3 is 5.11 Å². The van der Waals surface area contributed by atoms with Gasteiger partial charge in [0.1, 0.15) is 5.78 Å². The summed E-state index contributed by atoms with van der Waals surface area (Å²) in [4.78, 5) is 23.2. The predicted octanol–water partition coefficient (Wildman–Crippen LogP) is 3.33. The molecule has 0 radical (unpaired) electrons. The van der Waals surface area contributed by atoms with Gasteiger partial charge in [-0.1, -0.05) is 51.1 Å². The van der Waals surface area contributed by atoms with Crippen LogP contribution in [0.1, 0.15) is 39.2 Å². The Bertz CT molecular complexity index is 429. The molecule has 0 aliphatic rings. The van der Waals surface area contributed by atoms with Gasteiger partial charge in [0.25, 0.3) is 0 Å². The Kier molecular flexibility index (Phi) is 5.28. The summed E-state index contributed by atoms with van der Waals surface area (Å²) in [7, 11) is 0. The molecular formula is C16H22O3. The number of aliphatic carboxylic acids is 1. The molecule has 1 aromatic rings. The molecule has 0 spiro atoms. The fourth-order valence-electron chi connectivity index (χ4n) is 2.08. The highest BCUT2D eigenvalue weighted by molar-refractivity contribution is 5.84. The third-order valence-corrected chi connectivity index (χ3v) is 2.88. The summed E-state index contributed by atoms with van der Waals surface area (Å²) >= 11 is 0. The van der Waals surface area contributed by atoms with E-state index in [1.54, 1.807) is 0 Å². The van der Waals surface area contributed by atoms with Gasteiger partial charge in [0.2, 0.25) is 0 Å². The van der Waals surface area contributed by atoms with Crippen LogP contribution in [-0.4, -0.2) is 16.9 Å². The molecule has 0 aliphatic carbocycles. The Labute approximate surface area is 114 Å². The first-order chi connectivity index (χ1) is 8.78. The highest BCUT2D eigenvalue weighted by Crippen LogP contribution is 2.22. The van der Waals surface area contributed by atoms with Gasteiger partial charge >= 0.3 is 5.97 Å². The minimum absolute atomic E-state index is 0.0239. The lowest BCUT2D eigenvalue weighted by molar-refractivity contribution is -0.144. The van der Waals surface area contributed by atoms with E-state index in [9.17, 15) is 14.7 Å². The molecule has 3 heteroatoms. The maximum atomic E-state index is 11.9. The van der Waals surface area contributed by atoms with Crippen molar-refractivity contribution in [2.45, 2.75) is 40.0 Å². The van der Waals surface area contributed by atoms with Crippen LogP contribution in [0.3, 0.4) is 0 Å². The number of ketones is 1. The SMILES string of the molecule is CC(C)(C)CC(=O)CC(Cc1ccccc1)C(=O)O. The van der Waals surface area contributed by atoms with Crippen molar-refractivity contribution < 1.29 is 14.7 Å². The molecule has 0 aromatic heterocycles. The number of carbonyl (C=O) groups excluding carboxylic acids is 1. The smallest absolute Gasteiger partial charge is 0.307 e. The van der Waals surface area contributed by atoms with Crippen molar-refractivity contribution in [2.24, 2.45) is 11.3 Å². The van der Waals surface area contributed by atoms with Crippen LogP contribution in [0.15, 0.2) is 30.3 Å². The Morgan fingerprint density at radius 3 is 2.21 bits per heavy atom. The zero-order valence-electron chi connectivity index (χ0n) is 11.8. The van der Waals surface area contributed by atoms with Crippen LogP contribution in [0.25, 0.3) is 0 Å². The topological polar surface area (TPSA) is 54.4 Å². The highest BCUT2D eigenvalue weighted by Gasteiger charge is 2.24. The van der Waals surface area contributed by atoms with Crippen molar-refractivity contribution in [2.75, 3.05) is 0 Å². The molecule has 19 heavy (non-hydrogen) atoms. The number of Topliss-reactive ketones (excluding diaryl/α,β-unsaturated/α-hetero) is 1. The summed E-state index contributed by atoms with van der Waals surface area (Å²) in [5.74, 6) is -1.50. The van der Waals surface area contributed by atoms with Crippen molar-refractivity contribution in [1.82, 2.24) is 0 Å². The van der Waals surface area contributed by atoms with Gasteiger partial charge in [0.05, 0.1) is 5.92 Å². The maximum absolute atomic E-state index is 11.9. The summed E-state index contributed by atoms with van der Waals surface area (Å²) in [5.41, 5.74) is 0.867. The van der Waals surface area contributed by atoms with E-state index in [1.807, 2.05) is 51.1 Å². The zero-order chi connectivity index (χ0) is 14.5. The lowest BCUT2D eigenvalue weighted by Gasteiger charge is -2.18. The summed E-state index contributed by atoms with van der Waals surface area (Å²) in [6.45, 7) is 5.95. The van der Waals surface area contributed by atoms with E-state index in [0.29, 0.717) is 12.8 Å². The molecule has 3 nitrogen and oxygen atoms in total. The Morgan fingerprint density at radius 1 is 1.16 bits per heavy atom. The number of carboxylic acid groups (broad SMARTS) is 1. The van der Waals surface area contributed by atoms with E-state index in [2.05, 4.69) is 0 Å². The fourth-order valence-corrected chi connectivity index (χ4v) is 2.08. The number of rotatable bonds is 6. The monoisotopic (exact) mass is 262 g/mol. The van der Waals surface area contributed by atoms with Crippen LogP contribution in [0.4, 0.5) is 0 Å². The Balaban J connectivity index is 2.64. The molecular weight excluding hydrogens is 240 g/mol. The third-order valence-electron chi connectivity index (χ3n) is 2.88. The fraction of sp³-hybridized carbons (Fsp3) is 0.500. The van der Waals surface area contributed by atoms with Gasteiger partial charge in [-0.25, -0.2) is 0 Å². The summed E-state index contributed by atoms with van der Waals surface area (Å²) in [6.07, 6.45) is 0.944. The first-order valence-corrected chi connectivity index (χ1v) is 6.56. The van der Waals surface area contributed by atoms with E-state index in [-0.39, 0.29) is 17.6 Å². The van der Waals surface area contributed by atoms with Gasteiger partial charge in [0.15, 0.2) is 0 Å². The second-order valence-corrected chi connectivity index (χ2v) is 6.21. The quantitative estimate of drug-likeness (QED) is 0.855. The summed E-state index contributed by atoms with van der Waals surface area (Å²) in [6, 6.07) is 9.44. The molecule has 1 aromatic carbocycles. The summed E-state index contributed by atoms with van der Waals surface area (Å²) in [5, 5.41) is 9.23. The average Bonchev–Trinajstić information content (AvgIpc) is 2.26. The lowest BCUT2D eigenvalue weighted by atomic mass is 9.85. The van der Waals surface area contributed by atoms with Crippen molar-refractivity contribution in [3.05, 3.63) is 35.9 Å². The molecule has 0 saturated heterocycles. The standard InChI is InChI=1S/C16H22O3/c1-16(2,3)11-14(17)10-13(15(18)19)9-12-7-5-4-6-8-12/h4-8,13H,9-11H2,1-3H3,(H,18,19). The van der Waals surface area contributed by atoms with Crippen LogP contribution < -0.4 is 0 Å². The van der Waals surface area contributed by atoms with E-state index in [4.69, 9.17) is 0 Å². The number of carbonyl (C=O) groups is 2. The molecule has 0 saturated carbocycles. The second-order valence-electron chi connectivity index (χ2n) is 6.21. The van der Waals surface area contributed by atoms with E-state index >= 15 is 0 Å². The zero-order valence-corrected chi connectivity index (χ0v) is 11.8.